The molecule has 4 heteroatoms. The Morgan fingerprint density at radius 2 is 2.22 bits per heavy atom. The molecule has 0 heterocycles. The number of hydrogen-bond donors (Lipinski definition) is 1. The Labute approximate surface area is 116 Å². The minimum atomic E-state index is -0.218. The number of carbonyl (C=O) groups excluding carboxylic acids is 1. The number of anilines is 1. The molecular weight excluding hydrogens is 294 g/mol. The van der Waals surface area contributed by atoms with Crippen molar-refractivity contribution in [3.8, 4) is 0 Å². The lowest BCUT2D eigenvalue weighted by Gasteiger charge is -2.39. The second-order valence-corrected chi connectivity index (χ2v) is 5.73. The molecule has 1 saturated carbocycles. The van der Waals surface area contributed by atoms with Crippen LogP contribution >= 0.6 is 15.9 Å². The molecule has 0 radical (unpaired) electrons. The molecule has 0 atom stereocenters. The van der Waals surface area contributed by atoms with E-state index in [1.807, 2.05) is 25.1 Å². The maximum atomic E-state index is 12.0. The second-order valence-electron chi connectivity index (χ2n) is 4.88. The van der Waals surface area contributed by atoms with Crippen LogP contribution in [0.15, 0.2) is 22.7 Å². The fraction of sp³-hybridized carbons (Fsp3) is 0.500. The molecule has 3 nitrogen and oxygen atoms in total. The molecular formula is C14H18BrNO2. The van der Waals surface area contributed by atoms with Crippen molar-refractivity contribution in [3.63, 3.8) is 0 Å². The number of methoxy groups -OCH3 is 1. The summed E-state index contributed by atoms with van der Waals surface area (Å²) in [6.07, 6.45) is 3.55. The molecule has 0 unspecified atom stereocenters. The largest absolute Gasteiger partial charge is 0.378 e. The predicted molar refractivity (Wildman–Crippen MR) is 75.7 cm³/mol. The topological polar surface area (TPSA) is 38.3 Å². The first-order chi connectivity index (χ1) is 8.56. The Morgan fingerprint density at radius 3 is 2.78 bits per heavy atom. The van der Waals surface area contributed by atoms with Gasteiger partial charge in [-0.1, -0.05) is 22.0 Å². The third-order valence-electron chi connectivity index (χ3n) is 3.72. The van der Waals surface area contributed by atoms with Crippen molar-refractivity contribution in [2.45, 2.75) is 38.2 Å². The second kappa shape index (κ2) is 5.41. The first-order valence-corrected chi connectivity index (χ1v) is 6.96. The summed E-state index contributed by atoms with van der Waals surface area (Å²) in [6.45, 7) is 1.98. The molecule has 2 rings (SSSR count). The van der Waals surface area contributed by atoms with Gasteiger partial charge in [-0.3, -0.25) is 4.79 Å². The molecule has 1 aromatic rings. The molecule has 0 spiro atoms. The molecule has 1 aliphatic rings. The van der Waals surface area contributed by atoms with Crippen molar-refractivity contribution in [2.24, 2.45) is 0 Å². The van der Waals surface area contributed by atoms with Crippen LogP contribution in [0, 0.1) is 6.92 Å². The Balaban J connectivity index is 2.01. The van der Waals surface area contributed by atoms with Crippen LogP contribution in [0.3, 0.4) is 0 Å². The third kappa shape index (κ3) is 2.75. The van der Waals surface area contributed by atoms with Crippen LogP contribution in [0.1, 0.15) is 31.2 Å². The van der Waals surface area contributed by atoms with Crippen molar-refractivity contribution in [3.05, 3.63) is 28.2 Å². The highest BCUT2D eigenvalue weighted by atomic mass is 79.9. The van der Waals surface area contributed by atoms with Crippen molar-refractivity contribution >= 4 is 27.5 Å². The van der Waals surface area contributed by atoms with E-state index >= 15 is 0 Å². The molecule has 1 aliphatic carbocycles. The molecule has 0 bridgehead atoms. The normalized spacial score (nSPS) is 17.1. The lowest BCUT2D eigenvalue weighted by Crippen LogP contribution is -2.42. The van der Waals surface area contributed by atoms with E-state index in [1.54, 1.807) is 7.11 Å². The third-order valence-corrected chi connectivity index (χ3v) is 4.58. The van der Waals surface area contributed by atoms with Crippen LogP contribution in [-0.4, -0.2) is 18.6 Å². The number of benzene rings is 1. The maximum Gasteiger partial charge on any atom is 0.227 e. The van der Waals surface area contributed by atoms with E-state index in [1.165, 1.54) is 0 Å². The lowest BCUT2D eigenvalue weighted by atomic mass is 9.77. The highest BCUT2D eigenvalue weighted by Gasteiger charge is 2.39. The van der Waals surface area contributed by atoms with Crippen molar-refractivity contribution in [2.75, 3.05) is 12.4 Å². The maximum absolute atomic E-state index is 12.0. The zero-order valence-electron chi connectivity index (χ0n) is 10.8. The monoisotopic (exact) mass is 311 g/mol. The van der Waals surface area contributed by atoms with Gasteiger partial charge in [0.05, 0.1) is 12.0 Å². The van der Waals surface area contributed by atoms with Crippen LogP contribution in [0.5, 0.6) is 0 Å². The Hall–Kier alpha value is -0.870. The summed E-state index contributed by atoms with van der Waals surface area (Å²) in [7, 11) is 1.69. The van der Waals surface area contributed by atoms with E-state index in [9.17, 15) is 4.79 Å². The number of rotatable bonds is 4. The van der Waals surface area contributed by atoms with E-state index in [0.717, 1.165) is 35.0 Å². The highest BCUT2D eigenvalue weighted by Crippen LogP contribution is 2.38. The first-order valence-electron chi connectivity index (χ1n) is 6.16. The van der Waals surface area contributed by atoms with Gasteiger partial charge in [-0.25, -0.2) is 0 Å². The molecule has 0 saturated heterocycles. The molecule has 18 heavy (non-hydrogen) atoms. The number of carbonyl (C=O) groups is 1. The van der Waals surface area contributed by atoms with Crippen LogP contribution in [0.25, 0.3) is 0 Å². The van der Waals surface area contributed by atoms with E-state index in [-0.39, 0.29) is 11.5 Å². The smallest absolute Gasteiger partial charge is 0.227 e. The van der Waals surface area contributed by atoms with E-state index in [2.05, 4.69) is 21.2 Å². The van der Waals surface area contributed by atoms with E-state index in [0.29, 0.717) is 6.42 Å². The minimum absolute atomic E-state index is 0.0257. The number of hydrogen-bond acceptors (Lipinski definition) is 2. The van der Waals surface area contributed by atoms with Crippen molar-refractivity contribution < 1.29 is 9.53 Å². The zero-order chi connectivity index (χ0) is 13.2. The number of nitrogens with one attached hydrogen (secondary N) is 1. The summed E-state index contributed by atoms with van der Waals surface area (Å²) >= 11 is 3.46. The Bertz CT molecular complexity index is 450. The zero-order valence-corrected chi connectivity index (χ0v) is 12.3. The quantitative estimate of drug-likeness (QED) is 0.921. The summed E-state index contributed by atoms with van der Waals surface area (Å²) in [5.41, 5.74) is 1.69. The van der Waals surface area contributed by atoms with Gasteiger partial charge < -0.3 is 10.1 Å². The summed E-state index contributed by atoms with van der Waals surface area (Å²) < 4.78 is 6.47. The molecule has 1 fully saturated rings. The lowest BCUT2D eigenvalue weighted by molar-refractivity contribution is -0.129. The summed E-state index contributed by atoms with van der Waals surface area (Å²) in [6, 6.07) is 5.80. The predicted octanol–water partition coefficient (Wildman–Crippen LogP) is 3.66. The van der Waals surface area contributed by atoms with Crippen LogP contribution < -0.4 is 5.32 Å². The van der Waals surface area contributed by atoms with Crippen molar-refractivity contribution in [1.82, 2.24) is 0 Å². The van der Waals surface area contributed by atoms with Crippen LogP contribution in [0.4, 0.5) is 5.69 Å². The summed E-state index contributed by atoms with van der Waals surface area (Å²) in [5.74, 6) is 0.0257. The van der Waals surface area contributed by atoms with Gasteiger partial charge in [0.25, 0.3) is 0 Å². The van der Waals surface area contributed by atoms with Crippen LogP contribution in [-0.2, 0) is 9.53 Å². The van der Waals surface area contributed by atoms with Gasteiger partial charge in [0.2, 0.25) is 5.91 Å². The van der Waals surface area contributed by atoms with Gasteiger partial charge in [0.1, 0.15) is 0 Å². The Morgan fingerprint density at radius 1 is 1.50 bits per heavy atom. The molecule has 0 aromatic heterocycles. The van der Waals surface area contributed by atoms with Crippen LogP contribution in [0.2, 0.25) is 0 Å². The fourth-order valence-corrected chi connectivity index (χ4v) is 2.62. The number of halogens is 1. The highest BCUT2D eigenvalue weighted by molar-refractivity contribution is 9.10. The van der Waals surface area contributed by atoms with E-state index in [4.69, 9.17) is 4.74 Å². The number of amides is 1. The summed E-state index contributed by atoms with van der Waals surface area (Å²) in [4.78, 5) is 12.0. The number of ether oxygens (including phenoxy) is 1. The fourth-order valence-electron chi connectivity index (χ4n) is 2.25. The Kier molecular flexibility index (Phi) is 4.07. The standard InChI is InChI=1S/C14H18BrNO2/c1-10-11(15)5-3-6-12(10)16-13(17)9-14(18-2)7-4-8-14/h3,5-6H,4,7-9H2,1-2H3,(H,16,17). The van der Waals surface area contributed by atoms with E-state index < -0.39 is 0 Å². The van der Waals surface area contributed by atoms with Gasteiger partial charge in [-0.15, -0.1) is 0 Å². The van der Waals surface area contributed by atoms with Gasteiger partial charge >= 0.3 is 0 Å². The first kappa shape index (κ1) is 13.6. The van der Waals surface area contributed by atoms with Gasteiger partial charge in [-0.2, -0.15) is 0 Å². The SMILES string of the molecule is COC1(CC(=O)Nc2cccc(Br)c2C)CCC1. The van der Waals surface area contributed by atoms with Gasteiger partial charge in [0.15, 0.2) is 0 Å². The van der Waals surface area contributed by atoms with Gasteiger partial charge in [0, 0.05) is 17.3 Å². The molecule has 0 aliphatic heterocycles. The average molecular weight is 312 g/mol. The molecule has 1 amide bonds. The van der Waals surface area contributed by atoms with Crippen molar-refractivity contribution in [1.29, 1.82) is 0 Å². The van der Waals surface area contributed by atoms with Gasteiger partial charge in [-0.05, 0) is 43.9 Å². The molecule has 1 aromatic carbocycles. The average Bonchev–Trinajstić information content (AvgIpc) is 2.30. The molecule has 98 valence electrons. The minimum Gasteiger partial charge on any atom is -0.378 e. The molecule has 1 N–H and O–H groups in total. The summed E-state index contributed by atoms with van der Waals surface area (Å²) in [5, 5.41) is 2.96.